The largest absolute Gasteiger partial charge is 0.352 e. The first kappa shape index (κ1) is 15.4. The number of piperazine rings is 1. The van der Waals surface area contributed by atoms with Crippen LogP contribution in [-0.2, 0) is 16.1 Å². The van der Waals surface area contributed by atoms with Crippen LogP contribution in [0.2, 0.25) is 0 Å². The number of carbonyl (C=O) groups is 2. The molecule has 1 aliphatic rings. The minimum atomic E-state index is -0.557. The number of nitrogens with zero attached hydrogens (tertiary/aromatic N) is 1. The topological polar surface area (TPSA) is 61.4 Å². The molecule has 1 heterocycles. The predicted octanol–water partition coefficient (Wildman–Crippen LogP) is 0.463. The van der Waals surface area contributed by atoms with E-state index in [1.807, 2.05) is 30.3 Å². The van der Waals surface area contributed by atoms with Gasteiger partial charge < -0.3 is 15.5 Å². The van der Waals surface area contributed by atoms with Crippen molar-refractivity contribution in [2.24, 2.45) is 0 Å². The highest BCUT2D eigenvalue weighted by Gasteiger charge is 2.29. The molecule has 5 nitrogen and oxygen atoms in total. The van der Waals surface area contributed by atoms with Crippen LogP contribution in [0, 0.1) is 0 Å². The summed E-state index contributed by atoms with van der Waals surface area (Å²) in [5, 5.41) is 5.80. The van der Waals surface area contributed by atoms with Crippen molar-refractivity contribution in [3.8, 4) is 0 Å². The molecule has 2 N–H and O–H groups in total. The van der Waals surface area contributed by atoms with Gasteiger partial charge in [-0.25, -0.2) is 4.39 Å². The molecule has 1 aromatic carbocycles. The molecule has 0 aliphatic carbocycles. The third-order valence-electron chi connectivity index (χ3n) is 3.46. The number of benzene rings is 1. The van der Waals surface area contributed by atoms with E-state index in [-0.39, 0.29) is 24.8 Å². The lowest BCUT2D eigenvalue weighted by Crippen LogP contribution is -2.56. The van der Waals surface area contributed by atoms with Crippen molar-refractivity contribution in [3.05, 3.63) is 35.9 Å². The van der Waals surface area contributed by atoms with E-state index in [1.54, 1.807) is 0 Å². The van der Waals surface area contributed by atoms with Gasteiger partial charge in [0.1, 0.15) is 6.67 Å². The lowest BCUT2D eigenvalue weighted by molar-refractivity contribution is -0.138. The molecule has 1 atom stereocenters. The maximum atomic E-state index is 12.4. The molecule has 2 rings (SSSR count). The standard InChI is InChI=1S/C15H20FN3O2/c16-6-8-19-9-7-17-13(15(19)21)10-14(20)18-11-12-4-2-1-3-5-12/h1-5,13,17H,6-11H2,(H,18,20). The highest BCUT2D eigenvalue weighted by molar-refractivity contribution is 5.88. The second-order valence-electron chi connectivity index (χ2n) is 4.99. The fourth-order valence-corrected chi connectivity index (χ4v) is 2.33. The highest BCUT2D eigenvalue weighted by atomic mass is 19.1. The molecule has 1 fully saturated rings. The van der Waals surface area contributed by atoms with E-state index < -0.39 is 12.7 Å². The number of amides is 2. The molecule has 0 spiro atoms. The van der Waals surface area contributed by atoms with Gasteiger partial charge in [0, 0.05) is 26.2 Å². The first-order valence-corrected chi connectivity index (χ1v) is 7.09. The highest BCUT2D eigenvalue weighted by Crippen LogP contribution is 2.05. The van der Waals surface area contributed by atoms with Gasteiger partial charge in [-0.05, 0) is 5.56 Å². The molecule has 1 saturated heterocycles. The van der Waals surface area contributed by atoms with Crippen LogP contribution in [0.15, 0.2) is 30.3 Å². The van der Waals surface area contributed by atoms with Crippen LogP contribution < -0.4 is 10.6 Å². The zero-order valence-electron chi connectivity index (χ0n) is 11.8. The Bertz CT molecular complexity index is 479. The summed E-state index contributed by atoms with van der Waals surface area (Å²) in [6.45, 7) is 1.06. The van der Waals surface area contributed by atoms with Gasteiger partial charge in [0.2, 0.25) is 11.8 Å². The maximum absolute atomic E-state index is 12.4. The van der Waals surface area contributed by atoms with Crippen LogP contribution in [0.4, 0.5) is 4.39 Å². The fourth-order valence-electron chi connectivity index (χ4n) is 2.33. The Labute approximate surface area is 123 Å². The van der Waals surface area contributed by atoms with Crippen molar-refractivity contribution in [2.45, 2.75) is 19.0 Å². The van der Waals surface area contributed by atoms with E-state index in [1.165, 1.54) is 4.90 Å². The van der Waals surface area contributed by atoms with Crippen LogP contribution in [0.5, 0.6) is 0 Å². The Morgan fingerprint density at radius 2 is 2.14 bits per heavy atom. The quantitative estimate of drug-likeness (QED) is 0.801. The van der Waals surface area contributed by atoms with Gasteiger partial charge in [-0.3, -0.25) is 9.59 Å². The van der Waals surface area contributed by atoms with Crippen LogP contribution in [0.25, 0.3) is 0 Å². The molecule has 0 radical (unpaired) electrons. The van der Waals surface area contributed by atoms with Crippen molar-refractivity contribution in [1.82, 2.24) is 15.5 Å². The summed E-state index contributed by atoms with van der Waals surface area (Å²) in [7, 11) is 0. The van der Waals surface area contributed by atoms with Crippen LogP contribution in [0.3, 0.4) is 0 Å². The number of carbonyl (C=O) groups excluding carboxylic acids is 2. The van der Waals surface area contributed by atoms with E-state index in [0.717, 1.165) is 5.56 Å². The number of nitrogens with one attached hydrogen (secondary N) is 2. The summed E-state index contributed by atoms with van der Waals surface area (Å²) in [5.41, 5.74) is 1.01. The smallest absolute Gasteiger partial charge is 0.240 e. The van der Waals surface area contributed by atoms with Crippen LogP contribution in [-0.4, -0.2) is 49.1 Å². The summed E-state index contributed by atoms with van der Waals surface area (Å²) in [6.07, 6.45) is 0.0778. The van der Waals surface area contributed by atoms with Gasteiger partial charge in [0.15, 0.2) is 0 Å². The summed E-state index contributed by atoms with van der Waals surface area (Å²) >= 11 is 0. The number of rotatable bonds is 6. The third-order valence-corrected chi connectivity index (χ3v) is 3.46. The number of hydrogen-bond acceptors (Lipinski definition) is 3. The minimum Gasteiger partial charge on any atom is -0.352 e. The summed E-state index contributed by atoms with van der Waals surface area (Å²) in [4.78, 5) is 25.4. The monoisotopic (exact) mass is 293 g/mol. The second kappa shape index (κ2) is 7.73. The zero-order valence-corrected chi connectivity index (χ0v) is 11.8. The normalized spacial score (nSPS) is 18.6. The van der Waals surface area contributed by atoms with Crippen molar-refractivity contribution >= 4 is 11.8 Å². The molecule has 114 valence electrons. The van der Waals surface area contributed by atoms with Crippen molar-refractivity contribution < 1.29 is 14.0 Å². The summed E-state index contributed by atoms with van der Waals surface area (Å²) in [6, 6.07) is 9.02. The minimum absolute atomic E-state index is 0.0778. The van der Waals surface area contributed by atoms with E-state index in [2.05, 4.69) is 10.6 Å². The lowest BCUT2D eigenvalue weighted by atomic mass is 10.1. The van der Waals surface area contributed by atoms with Gasteiger partial charge in [0.25, 0.3) is 0 Å². The molecule has 0 bridgehead atoms. The van der Waals surface area contributed by atoms with Gasteiger partial charge in [-0.1, -0.05) is 30.3 Å². The van der Waals surface area contributed by atoms with Gasteiger partial charge in [0.05, 0.1) is 12.5 Å². The van der Waals surface area contributed by atoms with E-state index in [4.69, 9.17) is 0 Å². The molecule has 1 aliphatic heterocycles. The second-order valence-corrected chi connectivity index (χ2v) is 4.99. The lowest BCUT2D eigenvalue weighted by Gasteiger charge is -2.32. The molecule has 0 saturated carbocycles. The average molecular weight is 293 g/mol. The SMILES string of the molecule is O=C(CC1NCCN(CCF)C1=O)NCc1ccccc1. The Kier molecular flexibility index (Phi) is 5.68. The van der Waals surface area contributed by atoms with Gasteiger partial charge in [-0.15, -0.1) is 0 Å². The van der Waals surface area contributed by atoms with E-state index >= 15 is 0 Å². The predicted molar refractivity (Wildman–Crippen MR) is 77.3 cm³/mol. The van der Waals surface area contributed by atoms with Crippen molar-refractivity contribution in [3.63, 3.8) is 0 Å². The third kappa shape index (κ3) is 4.53. The molecule has 1 unspecified atom stereocenters. The van der Waals surface area contributed by atoms with Gasteiger partial charge >= 0.3 is 0 Å². The Morgan fingerprint density at radius 1 is 1.38 bits per heavy atom. The van der Waals surface area contributed by atoms with Gasteiger partial charge in [-0.2, -0.15) is 0 Å². The van der Waals surface area contributed by atoms with Crippen molar-refractivity contribution in [1.29, 1.82) is 0 Å². The van der Waals surface area contributed by atoms with E-state index in [9.17, 15) is 14.0 Å². The van der Waals surface area contributed by atoms with E-state index in [0.29, 0.717) is 19.6 Å². The summed E-state index contributed by atoms with van der Waals surface area (Å²) < 4.78 is 12.4. The molecule has 21 heavy (non-hydrogen) atoms. The summed E-state index contributed by atoms with van der Waals surface area (Å²) in [5.74, 6) is -0.388. The molecule has 0 aromatic heterocycles. The fraction of sp³-hybridized carbons (Fsp3) is 0.467. The number of hydrogen-bond donors (Lipinski definition) is 2. The Morgan fingerprint density at radius 3 is 2.86 bits per heavy atom. The number of alkyl halides is 1. The molecular weight excluding hydrogens is 273 g/mol. The molecular formula is C15H20FN3O2. The molecule has 6 heteroatoms. The Hall–Kier alpha value is -1.95. The molecule has 2 amide bonds. The maximum Gasteiger partial charge on any atom is 0.240 e. The van der Waals surface area contributed by atoms with Crippen LogP contribution in [0.1, 0.15) is 12.0 Å². The number of halogens is 1. The first-order valence-electron chi connectivity index (χ1n) is 7.09. The zero-order chi connectivity index (χ0) is 15.1. The molecule has 1 aromatic rings. The van der Waals surface area contributed by atoms with Crippen molar-refractivity contribution in [2.75, 3.05) is 26.3 Å². The average Bonchev–Trinajstić information content (AvgIpc) is 2.50. The van der Waals surface area contributed by atoms with Crippen LogP contribution >= 0.6 is 0 Å². The first-order chi connectivity index (χ1) is 10.2. The Balaban J connectivity index is 1.80.